The van der Waals surface area contributed by atoms with Gasteiger partial charge in [-0.05, 0) is 63.2 Å². The molecule has 1 unspecified atom stereocenters. The molecule has 5 heteroatoms. The highest BCUT2D eigenvalue weighted by molar-refractivity contribution is 6.30. The molecule has 0 spiro atoms. The van der Waals surface area contributed by atoms with Crippen LogP contribution in [0, 0.1) is 5.82 Å². The molecule has 0 aliphatic carbocycles. The van der Waals surface area contributed by atoms with Crippen molar-refractivity contribution in [2.24, 2.45) is 0 Å². The Morgan fingerprint density at radius 3 is 2.64 bits per heavy atom. The van der Waals surface area contributed by atoms with E-state index < -0.39 is 11.6 Å². The second-order valence-electron chi connectivity index (χ2n) is 7.03. The third-order valence-electron chi connectivity index (χ3n) is 5.19. The van der Waals surface area contributed by atoms with Gasteiger partial charge in [0.05, 0.1) is 5.56 Å². The third kappa shape index (κ3) is 2.98. The molecule has 2 heterocycles. The highest BCUT2D eigenvalue weighted by atomic mass is 35.5. The van der Waals surface area contributed by atoms with Crippen molar-refractivity contribution in [3.05, 3.63) is 58.4 Å². The number of ether oxygens (including phenoxy) is 2. The van der Waals surface area contributed by atoms with E-state index in [1.54, 1.807) is 19.1 Å². The van der Waals surface area contributed by atoms with Crippen LogP contribution < -0.4 is 9.47 Å². The largest absolute Gasteiger partial charge is 0.444 e. The van der Waals surface area contributed by atoms with E-state index >= 15 is 0 Å². The van der Waals surface area contributed by atoms with Crippen LogP contribution in [-0.4, -0.2) is 25.0 Å². The summed E-state index contributed by atoms with van der Waals surface area (Å²) in [7, 11) is 2.14. The normalized spacial score (nSPS) is 23.8. The minimum atomic E-state index is -1.18. The Labute approximate surface area is 152 Å². The summed E-state index contributed by atoms with van der Waals surface area (Å²) in [6.07, 6.45) is 2.17. The average Bonchev–Trinajstić information content (AvgIpc) is 2.92. The molecule has 1 atom stereocenters. The fraction of sp³-hybridized carbons (Fsp3) is 0.400. The van der Waals surface area contributed by atoms with Crippen LogP contribution in [0.15, 0.2) is 36.4 Å². The molecule has 1 fully saturated rings. The van der Waals surface area contributed by atoms with Crippen molar-refractivity contribution >= 4 is 11.6 Å². The number of nitrogens with zero attached hydrogens (tertiary/aromatic N) is 1. The fourth-order valence-corrected chi connectivity index (χ4v) is 3.92. The van der Waals surface area contributed by atoms with E-state index in [4.69, 9.17) is 21.1 Å². The first-order chi connectivity index (χ1) is 12.0. The van der Waals surface area contributed by atoms with E-state index in [-0.39, 0.29) is 0 Å². The number of likely N-dealkylation sites (tertiary alicyclic amines) is 1. The Morgan fingerprint density at radius 1 is 1.16 bits per heavy atom. The molecular weight excluding hydrogens is 341 g/mol. The van der Waals surface area contributed by atoms with E-state index in [1.807, 2.05) is 12.1 Å². The Balaban J connectivity index is 1.67. The van der Waals surface area contributed by atoms with Gasteiger partial charge in [-0.25, -0.2) is 4.39 Å². The predicted molar refractivity (Wildman–Crippen MR) is 95.9 cm³/mol. The summed E-state index contributed by atoms with van der Waals surface area (Å²) in [4.78, 5) is 2.34. The molecule has 4 rings (SSSR count). The quantitative estimate of drug-likeness (QED) is 0.756. The highest BCUT2D eigenvalue weighted by Crippen LogP contribution is 2.49. The van der Waals surface area contributed by atoms with Gasteiger partial charge in [-0.1, -0.05) is 23.7 Å². The molecule has 1 saturated heterocycles. The van der Waals surface area contributed by atoms with Crippen molar-refractivity contribution in [2.45, 2.75) is 31.5 Å². The van der Waals surface area contributed by atoms with Gasteiger partial charge in [-0.3, -0.25) is 0 Å². The van der Waals surface area contributed by atoms with Gasteiger partial charge in [-0.15, -0.1) is 0 Å². The van der Waals surface area contributed by atoms with Gasteiger partial charge < -0.3 is 14.4 Å². The molecule has 2 aromatic rings. The summed E-state index contributed by atoms with van der Waals surface area (Å²) in [5.74, 6) is 0.247. The van der Waals surface area contributed by atoms with Crippen molar-refractivity contribution < 1.29 is 13.9 Å². The molecule has 0 bridgehead atoms. The molecule has 0 radical (unpaired) electrons. The molecule has 2 aliphatic heterocycles. The van der Waals surface area contributed by atoms with E-state index in [0.717, 1.165) is 37.2 Å². The summed E-state index contributed by atoms with van der Waals surface area (Å²) in [6, 6.07) is 10.5. The first kappa shape index (κ1) is 16.7. The van der Waals surface area contributed by atoms with Crippen LogP contribution in [0.5, 0.6) is 11.5 Å². The van der Waals surface area contributed by atoms with Gasteiger partial charge in [0.1, 0.15) is 5.82 Å². The minimum absolute atomic E-state index is 0.349. The zero-order chi connectivity index (χ0) is 17.6. The number of benzene rings is 2. The first-order valence-corrected chi connectivity index (χ1v) is 8.99. The number of fused-ring (bicyclic) bond motifs is 1. The molecule has 2 aromatic carbocycles. The molecular formula is C20H21ClFNO2. The second-order valence-corrected chi connectivity index (χ2v) is 7.46. The lowest BCUT2D eigenvalue weighted by Gasteiger charge is -2.30. The minimum Gasteiger partial charge on any atom is -0.444 e. The van der Waals surface area contributed by atoms with E-state index in [9.17, 15) is 4.39 Å². The van der Waals surface area contributed by atoms with Crippen molar-refractivity contribution in [2.75, 3.05) is 20.1 Å². The van der Waals surface area contributed by atoms with Crippen LogP contribution in [0.25, 0.3) is 0 Å². The molecule has 3 nitrogen and oxygen atoms in total. The highest BCUT2D eigenvalue weighted by Gasteiger charge is 2.42. The summed E-state index contributed by atoms with van der Waals surface area (Å²) in [5, 5.41) is 0.354. The van der Waals surface area contributed by atoms with Crippen LogP contribution in [0.1, 0.15) is 36.8 Å². The standard InChI is InChI=1S/C20H21ClFNO2/c1-20(16-7-6-14(21)12-17(16)22)24-18-5-3-4-15(19(18)25-20)13-8-10-23(2)11-9-13/h3-7,12-13H,8-11H2,1-2H3. The Bertz CT molecular complexity index is 804. The summed E-state index contributed by atoms with van der Waals surface area (Å²) < 4.78 is 26.7. The van der Waals surface area contributed by atoms with Crippen LogP contribution in [-0.2, 0) is 5.79 Å². The fourth-order valence-electron chi connectivity index (χ4n) is 3.76. The first-order valence-electron chi connectivity index (χ1n) is 8.61. The molecule has 0 amide bonds. The van der Waals surface area contributed by atoms with Gasteiger partial charge in [0.15, 0.2) is 11.5 Å². The topological polar surface area (TPSA) is 21.7 Å². The SMILES string of the molecule is CN1CCC(c2cccc3c2OC(C)(c2ccc(Cl)cc2F)O3)CC1. The molecule has 0 N–H and O–H groups in total. The second kappa shape index (κ2) is 6.19. The van der Waals surface area contributed by atoms with Crippen molar-refractivity contribution in [3.8, 4) is 11.5 Å². The van der Waals surface area contributed by atoms with Gasteiger partial charge in [0, 0.05) is 17.5 Å². The lowest BCUT2D eigenvalue weighted by molar-refractivity contribution is -0.0711. The number of hydrogen-bond acceptors (Lipinski definition) is 3. The maximum Gasteiger partial charge on any atom is 0.278 e. The average molecular weight is 362 g/mol. The maximum atomic E-state index is 14.4. The number of rotatable bonds is 2. The van der Waals surface area contributed by atoms with Crippen LogP contribution >= 0.6 is 11.6 Å². The van der Waals surface area contributed by atoms with Crippen molar-refractivity contribution in [1.29, 1.82) is 0 Å². The number of piperidine rings is 1. The molecule has 0 saturated carbocycles. The molecule has 2 aliphatic rings. The number of para-hydroxylation sites is 1. The van der Waals surface area contributed by atoms with E-state index in [2.05, 4.69) is 18.0 Å². The zero-order valence-corrected chi connectivity index (χ0v) is 15.1. The van der Waals surface area contributed by atoms with Gasteiger partial charge in [0.2, 0.25) is 0 Å². The van der Waals surface area contributed by atoms with E-state index in [1.165, 1.54) is 6.07 Å². The van der Waals surface area contributed by atoms with Crippen LogP contribution in [0.3, 0.4) is 0 Å². The van der Waals surface area contributed by atoms with Gasteiger partial charge >= 0.3 is 0 Å². The number of hydrogen-bond donors (Lipinski definition) is 0. The number of halogens is 2. The molecule has 132 valence electrons. The van der Waals surface area contributed by atoms with Gasteiger partial charge in [-0.2, -0.15) is 0 Å². The molecule has 25 heavy (non-hydrogen) atoms. The van der Waals surface area contributed by atoms with Crippen LogP contribution in [0.4, 0.5) is 4.39 Å². The lowest BCUT2D eigenvalue weighted by atomic mass is 9.89. The predicted octanol–water partition coefficient (Wildman–Crippen LogP) is 4.93. The summed E-state index contributed by atoms with van der Waals surface area (Å²) >= 11 is 5.87. The van der Waals surface area contributed by atoms with E-state index in [0.29, 0.717) is 22.3 Å². The Morgan fingerprint density at radius 2 is 1.92 bits per heavy atom. The maximum absolute atomic E-state index is 14.4. The molecule has 0 aromatic heterocycles. The monoisotopic (exact) mass is 361 g/mol. The van der Waals surface area contributed by atoms with Crippen molar-refractivity contribution in [1.82, 2.24) is 4.90 Å². The lowest BCUT2D eigenvalue weighted by Crippen LogP contribution is -2.33. The van der Waals surface area contributed by atoms with Gasteiger partial charge in [0.25, 0.3) is 5.79 Å². The summed E-state index contributed by atoms with van der Waals surface area (Å²) in [6.45, 7) is 3.88. The smallest absolute Gasteiger partial charge is 0.278 e. The summed E-state index contributed by atoms with van der Waals surface area (Å²) in [5.41, 5.74) is 1.51. The van der Waals surface area contributed by atoms with Crippen molar-refractivity contribution in [3.63, 3.8) is 0 Å². The Kier molecular flexibility index (Phi) is 4.13. The van der Waals surface area contributed by atoms with Crippen LogP contribution in [0.2, 0.25) is 5.02 Å². The zero-order valence-electron chi connectivity index (χ0n) is 14.4. The Hall–Kier alpha value is -1.78. The third-order valence-corrected chi connectivity index (χ3v) is 5.42.